The van der Waals surface area contributed by atoms with E-state index in [1.807, 2.05) is 0 Å². The van der Waals surface area contributed by atoms with Gasteiger partial charge in [0.15, 0.2) is 6.10 Å². The third kappa shape index (κ3) is 2.89. The topological polar surface area (TPSA) is 67.8 Å². The van der Waals surface area contributed by atoms with Gasteiger partial charge in [-0.1, -0.05) is 0 Å². The van der Waals surface area contributed by atoms with E-state index in [0.717, 1.165) is 0 Å². The molecular weight excluding hydrogens is 241 g/mol. The van der Waals surface area contributed by atoms with Crippen molar-refractivity contribution in [1.29, 1.82) is 0 Å². The quantitative estimate of drug-likeness (QED) is 0.852. The van der Waals surface area contributed by atoms with Crippen molar-refractivity contribution in [2.45, 2.75) is 19.1 Å². The molecule has 2 N–H and O–H groups in total. The molecule has 1 aliphatic heterocycles. The van der Waals surface area contributed by atoms with Crippen LogP contribution in [0.1, 0.15) is 18.6 Å². The maximum Gasteiger partial charge on any atom is 0.407 e. The largest absolute Gasteiger partial charge is 0.489 e. The number of hydrogen-bond donors (Lipinski definition) is 2. The fraction of sp³-hybridized carbons (Fsp3) is 0.417. The van der Waals surface area contributed by atoms with Crippen molar-refractivity contribution in [3.8, 4) is 5.75 Å². The van der Waals surface area contributed by atoms with Gasteiger partial charge in [-0.3, -0.25) is 0 Å². The maximum absolute atomic E-state index is 13.1. The second kappa shape index (κ2) is 5.22. The van der Waals surface area contributed by atoms with Gasteiger partial charge in [-0.05, 0) is 25.1 Å². The average molecular weight is 255 g/mol. The summed E-state index contributed by atoms with van der Waals surface area (Å²) in [7, 11) is 0. The van der Waals surface area contributed by atoms with Crippen molar-refractivity contribution >= 4 is 6.09 Å². The number of rotatable bonds is 4. The number of halogens is 1. The highest BCUT2D eigenvalue weighted by molar-refractivity contribution is 5.69. The molecule has 0 bridgehead atoms. The van der Waals surface area contributed by atoms with Crippen LogP contribution in [0.3, 0.4) is 0 Å². The van der Waals surface area contributed by atoms with Gasteiger partial charge in [0.25, 0.3) is 0 Å². The number of nitrogens with one attached hydrogen (secondary N) is 1. The van der Waals surface area contributed by atoms with Gasteiger partial charge in [0.05, 0.1) is 12.6 Å². The third-order valence-corrected chi connectivity index (χ3v) is 2.59. The monoisotopic (exact) mass is 255 g/mol. The Balaban J connectivity index is 2.02. The lowest BCUT2D eigenvalue weighted by Crippen LogP contribution is -2.22. The lowest BCUT2D eigenvalue weighted by Gasteiger charge is -2.15. The van der Waals surface area contributed by atoms with Crippen molar-refractivity contribution in [3.63, 3.8) is 0 Å². The molecule has 98 valence electrons. The number of aliphatic hydroxyl groups excluding tert-OH is 1. The molecule has 0 saturated carbocycles. The van der Waals surface area contributed by atoms with Gasteiger partial charge in [0.2, 0.25) is 0 Å². The highest BCUT2D eigenvalue weighted by atomic mass is 19.1. The molecule has 0 aromatic heterocycles. The van der Waals surface area contributed by atoms with Crippen molar-refractivity contribution in [2.24, 2.45) is 0 Å². The zero-order chi connectivity index (χ0) is 13.1. The third-order valence-electron chi connectivity index (χ3n) is 2.59. The molecular formula is C12H14FNO4. The minimum atomic E-state index is -0.833. The molecule has 2 atom stereocenters. The number of benzene rings is 1. The first-order valence-corrected chi connectivity index (χ1v) is 5.61. The minimum Gasteiger partial charge on any atom is -0.489 e. The Hall–Kier alpha value is -1.82. The van der Waals surface area contributed by atoms with E-state index >= 15 is 0 Å². The molecule has 0 radical (unpaired) electrons. The second-order valence-electron chi connectivity index (χ2n) is 4.08. The number of alkyl carbamates (subject to hydrolysis) is 1. The summed E-state index contributed by atoms with van der Waals surface area (Å²) in [4.78, 5) is 10.8. The summed E-state index contributed by atoms with van der Waals surface area (Å²) in [6, 6.07) is 3.92. The summed E-state index contributed by atoms with van der Waals surface area (Å²) < 4.78 is 23.4. The van der Waals surface area contributed by atoms with E-state index in [1.54, 1.807) is 0 Å². The molecule has 2 rings (SSSR count). The highest BCUT2D eigenvalue weighted by Gasteiger charge is 2.23. The molecule has 6 heteroatoms. The van der Waals surface area contributed by atoms with Crippen LogP contribution in [0.2, 0.25) is 0 Å². The van der Waals surface area contributed by atoms with Gasteiger partial charge >= 0.3 is 6.09 Å². The van der Waals surface area contributed by atoms with Crippen LogP contribution in [0.4, 0.5) is 9.18 Å². The van der Waals surface area contributed by atoms with Gasteiger partial charge < -0.3 is 19.9 Å². The number of hydrogen-bond acceptors (Lipinski definition) is 4. The van der Waals surface area contributed by atoms with Crippen LogP contribution in [-0.4, -0.2) is 30.5 Å². The lowest BCUT2D eigenvalue weighted by molar-refractivity contribution is 0.102. The highest BCUT2D eigenvalue weighted by Crippen LogP contribution is 2.26. The minimum absolute atomic E-state index is 0.157. The van der Waals surface area contributed by atoms with E-state index in [4.69, 9.17) is 9.47 Å². The Morgan fingerprint density at radius 3 is 3.06 bits per heavy atom. The van der Waals surface area contributed by atoms with Gasteiger partial charge in [-0.25, -0.2) is 9.18 Å². The standard InChI is InChI=1S/C12H14FNO4/c1-7(15)10-4-8(13)2-3-11(10)17-6-9-5-14-12(16)18-9/h2-4,7,9,15H,5-6H2,1H3,(H,14,16). The molecule has 1 amide bonds. The predicted octanol–water partition coefficient (Wildman–Crippen LogP) is 1.37. The molecule has 1 fully saturated rings. The molecule has 0 spiro atoms. The summed E-state index contributed by atoms with van der Waals surface area (Å²) in [5.74, 6) is -0.0541. The Labute approximate surface area is 104 Å². The second-order valence-corrected chi connectivity index (χ2v) is 4.08. The van der Waals surface area contributed by atoms with Gasteiger partial charge in [-0.2, -0.15) is 0 Å². The molecule has 1 heterocycles. The normalized spacial score (nSPS) is 20.2. The Kier molecular flexibility index (Phi) is 3.66. The maximum atomic E-state index is 13.1. The first-order chi connectivity index (χ1) is 8.56. The van der Waals surface area contributed by atoms with Crippen molar-refractivity contribution in [3.05, 3.63) is 29.6 Å². The molecule has 5 nitrogen and oxygen atoms in total. The van der Waals surface area contributed by atoms with E-state index in [2.05, 4.69) is 5.32 Å². The van der Waals surface area contributed by atoms with E-state index in [9.17, 15) is 14.3 Å². The Morgan fingerprint density at radius 1 is 1.67 bits per heavy atom. The van der Waals surface area contributed by atoms with Gasteiger partial charge in [0.1, 0.15) is 18.2 Å². The summed E-state index contributed by atoms with van der Waals surface area (Å²) >= 11 is 0. The van der Waals surface area contributed by atoms with E-state index in [1.165, 1.54) is 25.1 Å². The zero-order valence-electron chi connectivity index (χ0n) is 9.85. The molecule has 1 aromatic rings. The van der Waals surface area contributed by atoms with Gasteiger partial charge in [-0.15, -0.1) is 0 Å². The predicted molar refractivity (Wildman–Crippen MR) is 60.8 cm³/mol. The first kappa shape index (κ1) is 12.6. The van der Waals surface area contributed by atoms with Crippen molar-refractivity contribution in [1.82, 2.24) is 5.32 Å². The van der Waals surface area contributed by atoms with E-state index < -0.39 is 18.0 Å². The molecule has 0 aliphatic carbocycles. The van der Waals surface area contributed by atoms with Gasteiger partial charge in [0, 0.05) is 5.56 Å². The van der Waals surface area contributed by atoms with Crippen LogP contribution in [0.25, 0.3) is 0 Å². The fourth-order valence-corrected chi connectivity index (χ4v) is 1.68. The number of cyclic esters (lactones) is 1. The van der Waals surface area contributed by atoms with Crippen LogP contribution in [0.15, 0.2) is 18.2 Å². The summed E-state index contributed by atoms with van der Waals surface area (Å²) in [6.45, 7) is 2.06. The summed E-state index contributed by atoms with van der Waals surface area (Å²) in [5, 5.41) is 12.0. The molecule has 2 unspecified atom stereocenters. The smallest absolute Gasteiger partial charge is 0.407 e. The van der Waals surface area contributed by atoms with Crippen molar-refractivity contribution < 1.29 is 23.8 Å². The summed E-state index contributed by atoms with van der Waals surface area (Å²) in [5.41, 5.74) is 0.368. The van der Waals surface area contributed by atoms with Crippen LogP contribution in [-0.2, 0) is 4.74 Å². The van der Waals surface area contributed by atoms with E-state index in [-0.39, 0.29) is 12.7 Å². The number of carbonyl (C=O) groups excluding carboxylic acids is 1. The molecule has 18 heavy (non-hydrogen) atoms. The molecule has 1 saturated heterocycles. The number of aliphatic hydroxyl groups is 1. The number of carbonyl (C=O) groups is 1. The van der Waals surface area contributed by atoms with Crippen molar-refractivity contribution in [2.75, 3.05) is 13.2 Å². The Morgan fingerprint density at radius 2 is 2.44 bits per heavy atom. The van der Waals surface area contributed by atoms with E-state index in [0.29, 0.717) is 17.9 Å². The van der Waals surface area contributed by atoms with Crippen LogP contribution < -0.4 is 10.1 Å². The lowest BCUT2D eigenvalue weighted by atomic mass is 10.1. The van der Waals surface area contributed by atoms with Crippen LogP contribution >= 0.6 is 0 Å². The number of amides is 1. The SMILES string of the molecule is CC(O)c1cc(F)ccc1OCC1CNC(=O)O1. The van der Waals surface area contributed by atoms with Crippen LogP contribution in [0.5, 0.6) is 5.75 Å². The zero-order valence-corrected chi connectivity index (χ0v) is 9.85. The van der Waals surface area contributed by atoms with Crippen LogP contribution in [0, 0.1) is 5.82 Å². The fourth-order valence-electron chi connectivity index (χ4n) is 1.68. The molecule has 1 aliphatic rings. The Bertz CT molecular complexity index is 450. The summed E-state index contributed by atoms with van der Waals surface area (Å²) in [6.07, 6.45) is -1.68. The number of ether oxygens (including phenoxy) is 2. The average Bonchev–Trinajstić information content (AvgIpc) is 2.73. The molecule has 1 aromatic carbocycles. The first-order valence-electron chi connectivity index (χ1n) is 5.61.